The molecule has 0 radical (unpaired) electrons. The van der Waals surface area contributed by atoms with E-state index in [4.69, 9.17) is 0 Å². The maximum Gasteiger partial charge on any atom is 0.0931 e. The van der Waals surface area contributed by atoms with E-state index >= 15 is 0 Å². The average Bonchev–Trinajstić information content (AvgIpc) is 3.17. The van der Waals surface area contributed by atoms with Gasteiger partial charge in [0.05, 0.1) is 17.4 Å². The lowest BCUT2D eigenvalue weighted by Gasteiger charge is -2.10. The van der Waals surface area contributed by atoms with Crippen LogP contribution in [0.2, 0.25) is 0 Å². The summed E-state index contributed by atoms with van der Waals surface area (Å²) in [6, 6.07) is 19.3. The summed E-state index contributed by atoms with van der Waals surface area (Å²) in [5.41, 5.74) is 7.12. The molecule has 2 aromatic carbocycles. The minimum atomic E-state index is 0.846. The van der Waals surface area contributed by atoms with E-state index < -0.39 is 0 Å². The van der Waals surface area contributed by atoms with Crippen molar-refractivity contribution in [1.29, 1.82) is 0 Å². The second-order valence-corrected chi connectivity index (χ2v) is 5.64. The van der Waals surface area contributed by atoms with Gasteiger partial charge in [-0.15, -0.1) is 0 Å². The van der Waals surface area contributed by atoms with Gasteiger partial charge in [-0.2, -0.15) is 0 Å². The number of imidazole rings is 1. The maximum atomic E-state index is 4.33. The van der Waals surface area contributed by atoms with Gasteiger partial charge in [-0.05, 0) is 42.3 Å². The van der Waals surface area contributed by atoms with Gasteiger partial charge in [-0.25, -0.2) is 4.98 Å². The lowest BCUT2D eigenvalue weighted by Crippen LogP contribution is -2.00. The fourth-order valence-electron chi connectivity index (χ4n) is 2.81. The Balaban J connectivity index is 1.68. The van der Waals surface area contributed by atoms with Crippen molar-refractivity contribution in [3.05, 3.63) is 78.2 Å². The van der Waals surface area contributed by atoms with Crippen molar-refractivity contribution >= 4 is 11.0 Å². The SMILES string of the molecule is Cc1ccc(-c2cccn2Cc2ccc3[nH]cnc3c2)cc1. The molecule has 0 aliphatic heterocycles. The Bertz CT molecular complexity index is 913. The summed E-state index contributed by atoms with van der Waals surface area (Å²) >= 11 is 0. The second-order valence-electron chi connectivity index (χ2n) is 5.64. The number of nitrogens with zero attached hydrogens (tertiary/aromatic N) is 2. The first-order valence-electron chi connectivity index (χ1n) is 7.44. The van der Waals surface area contributed by atoms with Gasteiger partial charge in [0.25, 0.3) is 0 Å². The lowest BCUT2D eigenvalue weighted by molar-refractivity contribution is 0.815. The zero-order valence-corrected chi connectivity index (χ0v) is 12.5. The molecule has 0 unspecified atom stereocenters. The predicted molar refractivity (Wildman–Crippen MR) is 89.8 cm³/mol. The number of aryl methyl sites for hydroxylation is 1. The van der Waals surface area contributed by atoms with Crippen LogP contribution in [0.15, 0.2) is 67.1 Å². The number of rotatable bonds is 3. The highest BCUT2D eigenvalue weighted by atomic mass is 15.0. The van der Waals surface area contributed by atoms with Gasteiger partial charge in [0.1, 0.15) is 0 Å². The van der Waals surface area contributed by atoms with Gasteiger partial charge in [0, 0.05) is 18.4 Å². The third kappa shape index (κ3) is 2.31. The minimum Gasteiger partial charge on any atom is -0.345 e. The van der Waals surface area contributed by atoms with Crippen LogP contribution in [0.1, 0.15) is 11.1 Å². The molecule has 0 bridgehead atoms. The molecule has 3 nitrogen and oxygen atoms in total. The van der Waals surface area contributed by atoms with Gasteiger partial charge in [-0.3, -0.25) is 0 Å². The van der Waals surface area contributed by atoms with Crippen molar-refractivity contribution in [2.45, 2.75) is 13.5 Å². The molecule has 0 aliphatic carbocycles. The molecule has 2 aromatic heterocycles. The van der Waals surface area contributed by atoms with Crippen molar-refractivity contribution < 1.29 is 0 Å². The van der Waals surface area contributed by atoms with Crippen LogP contribution >= 0.6 is 0 Å². The van der Waals surface area contributed by atoms with Crippen LogP contribution in [0.3, 0.4) is 0 Å². The van der Waals surface area contributed by atoms with E-state index in [2.05, 4.69) is 82.3 Å². The normalized spacial score (nSPS) is 11.1. The number of fused-ring (bicyclic) bond motifs is 1. The number of H-pyrrole nitrogens is 1. The number of nitrogens with one attached hydrogen (secondary N) is 1. The largest absolute Gasteiger partial charge is 0.345 e. The van der Waals surface area contributed by atoms with Crippen LogP contribution in [0.5, 0.6) is 0 Å². The highest BCUT2D eigenvalue weighted by Crippen LogP contribution is 2.22. The van der Waals surface area contributed by atoms with Crippen molar-refractivity contribution in [2.24, 2.45) is 0 Å². The molecule has 3 heteroatoms. The van der Waals surface area contributed by atoms with E-state index in [1.165, 1.54) is 22.4 Å². The smallest absolute Gasteiger partial charge is 0.0931 e. The molecule has 108 valence electrons. The Hall–Kier alpha value is -2.81. The fraction of sp³-hybridized carbons (Fsp3) is 0.105. The van der Waals surface area contributed by atoms with Gasteiger partial charge in [0.15, 0.2) is 0 Å². The molecule has 1 N–H and O–H groups in total. The first-order chi connectivity index (χ1) is 10.8. The summed E-state index contributed by atoms with van der Waals surface area (Å²) in [4.78, 5) is 7.46. The van der Waals surface area contributed by atoms with Crippen molar-refractivity contribution in [1.82, 2.24) is 14.5 Å². The van der Waals surface area contributed by atoms with Gasteiger partial charge in [-0.1, -0.05) is 35.9 Å². The van der Waals surface area contributed by atoms with Crippen LogP contribution < -0.4 is 0 Å². The summed E-state index contributed by atoms with van der Waals surface area (Å²) in [7, 11) is 0. The molecule has 4 rings (SSSR count). The molecule has 0 amide bonds. The molecule has 22 heavy (non-hydrogen) atoms. The molecule has 0 atom stereocenters. The first kappa shape index (κ1) is 12.9. The highest BCUT2D eigenvalue weighted by molar-refractivity contribution is 5.75. The maximum absolute atomic E-state index is 4.33. The molecule has 0 fully saturated rings. The first-order valence-corrected chi connectivity index (χ1v) is 7.44. The topological polar surface area (TPSA) is 33.6 Å². The molecular formula is C19H17N3. The van der Waals surface area contributed by atoms with E-state index in [9.17, 15) is 0 Å². The number of aromatic amines is 1. The Morgan fingerprint density at radius 3 is 2.77 bits per heavy atom. The third-order valence-electron chi connectivity index (χ3n) is 4.02. The summed E-state index contributed by atoms with van der Waals surface area (Å²) in [5, 5.41) is 0. The Labute approximate surface area is 129 Å². The summed E-state index contributed by atoms with van der Waals surface area (Å²) in [6.07, 6.45) is 3.87. The van der Waals surface area contributed by atoms with Gasteiger partial charge in [0.2, 0.25) is 0 Å². The second kappa shape index (κ2) is 5.19. The van der Waals surface area contributed by atoms with Crippen molar-refractivity contribution in [3.63, 3.8) is 0 Å². The number of hydrogen-bond donors (Lipinski definition) is 1. The monoisotopic (exact) mass is 287 g/mol. The summed E-state index contributed by atoms with van der Waals surface area (Å²) in [6.45, 7) is 2.96. The summed E-state index contributed by atoms with van der Waals surface area (Å²) < 4.78 is 2.28. The van der Waals surface area contributed by atoms with E-state index in [0.29, 0.717) is 0 Å². The minimum absolute atomic E-state index is 0.846. The molecule has 0 spiro atoms. The van der Waals surface area contributed by atoms with Crippen LogP contribution in [0, 0.1) is 6.92 Å². The van der Waals surface area contributed by atoms with E-state index in [1.54, 1.807) is 6.33 Å². The third-order valence-corrected chi connectivity index (χ3v) is 4.02. The van der Waals surface area contributed by atoms with Crippen molar-refractivity contribution in [2.75, 3.05) is 0 Å². The Morgan fingerprint density at radius 1 is 1.05 bits per heavy atom. The number of hydrogen-bond acceptors (Lipinski definition) is 1. The van der Waals surface area contributed by atoms with Crippen LogP contribution in [-0.4, -0.2) is 14.5 Å². The standard InChI is InChI=1S/C19H17N3/c1-14-4-7-16(8-5-14)19-3-2-10-22(19)12-15-6-9-17-18(11-15)21-13-20-17/h2-11,13H,12H2,1H3,(H,20,21). The van der Waals surface area contributed by atoms with E-state index in [1.807, 2.05) is 0 Å². The Kier molecular flexibility index (Phi) is 3.04. The molecule has 2 heterocycles. The lowest BCUT2D eigenvalue weighted by atomic mass is 10.1. The van der Waals surface area contributed by atoms with Crippen molar-refractivity contribution in [3.8, 4) is 11.3 Å². The highest BCUT2D eigenvalue weighted by Gasteiger charge is 2.05. The van der Waals surface area contributed by atoms with Gasteiger partial charge >= 0.3 is 0 Å². The molecule has 0 aliphatic rings. The van der Waals surface area contributed by atoms with Crippen LogP contribution in [0.25, 0.3) is 22.3 Å². The number of benzene rings is 2. The molecule has 0 saturated carbocycles. The predicted octanol–water partition coefficient (Wildman–Crippen LogP) is 4.39. The van der Waals surface area contributed by atoms with Crippen LogP contribution in [-0.2, 0) is 6.54 Å². The zero-order valence-electron chi connectivity index (χ0n) is 12.5. The quantitative estimate of drug-likeness (QED) is 0.595. The summed E-state index contributed by atoms with van der Waals surface area (Å²) in [5.74, 6) is 0. The van der Waals surface area contributed by atoms with E-state index in [-0.39, 0.29) is 0 Å². The van der Waals surface area contributed by atoms with Gasteiger partial charge < -0.3 is 9.55 Å². The molecule has 4 aromatic rings. The average molecular weight is 287 g/mol. The van der Waals surface area contributed by atoms with E-state index in [0.717, 1.165) is 17.6 Å². The Morgan fingerprint density at radius 2 is 1.91 bits per heavy atom. The number of aromatic nitrogens is 3. The molecular weight excluding hydrogens is 270 g/mol. The molecule has 0 saturated heterocycles. The van der Waals surface area contributed by atoms with Crippen LogP contribution in [0.4, 0.5) is 0 Å². The zero-order chi connectivity index (χ0) is 14.9. The fourth-order valence-corrected chi connectivity index (χ4v) is 2.81.